The van der Waals surface area contributed by atoms with Crippen LogP contribution >= 0.6 is 11.8 Å². The van der Waals surface area contributed by atoms with Crippen molar-refractivity contribution >= 4 is 52.4 Å². The van der Waals surface area contributed by atoms with Gasteiger partial charge in [0.05, 0.1) is 4.90 Å². The number of anilines is 5. The van der Waals surface area contributed by atoms with Gasteiger partial charge in [0.15, 0.2) is 0 Å². The van der Waals surface area contributed by atoms with Crippen LogP contribution < -0.4 is 26.0 Å². The molecule has 10 nitrogen and oxygen atoms in total. The Bertz CT molecular complexity index is 1460. The molecule has 11 heteroatoms. The molecule has 4 aromatic rings. The highest BCUT2D eigenvalue weighted by molar-refractivity contribution is 7.98. The SMILES string of the molecule is C=CC(=O)Nc1cccc(Nc2nc(Nc3ccc(Oc4ccnc(C(=O)NC)c4)cc3)ncc2SC)c1. The van der Waals surface area contributed by atoms with Crippen LogP contribution in [-0.4, -0.2) is 40.1 Å². The largest absolute Gasteiger partial charge is 0.457 e. The van der Waals surface area contributed by atoms with Gasteiger partial charge < -0.3 is 26.0 Å². The molecular weight excluding hydrogens is 502 g/mol. The summed E-state index contributed by atoms with van der Waals surface area (Å²) in [5.41, 5.74) is 2.42. The van der Waals surface area contributed by atoms with Crippen LogP contribution in [0.15, 0.2) is 90.6 Å². The Balaban J connectivity index is 1.46. The number of ether oxygens (including phenoxy) is 1. The second-order valence-corrected chi connectivity index (χ2v) is 8.57. The Kier molecular flexibility index (Phi) is 8.52. The van der Waals surface area contributed by atoms with Gasteiger partial charge in [-0.3, -0.25) is 14.6 Å². The minimum absolute atomic E-state index is 0.270. The summed E-state index contributed by atoms with van der Waals surface area (Å²) in [6.07, 6.45) is 6.41. The Labute approximate surface area is 224 Å². The van der Waals surface area contributed by atoms with Crippen molar-refractivity contribution < 1.29 is 14.3 Å². The van der Waals surface area contributed by atoms with Crippen molar-refractivity contribution in [3.05, 3.63) is 91.4 Å². The number of carbonyl (C=O) groups is 2. The number of hydrogen-bond donors (Lipinski definition) is 4. The first-order valence-corrected chi connectivity index (χ1v) is 12.6. The Morgan fingerprint density at radius 2 is 1.74 bits per heavy atom. The number of hydrogen-bond acceptors (Lipinski definition) is 9. The molecule has 0 aliphatic carbocycles. The highest BCUT2D eigenvalue weighted by atomic mass is 32.2. The van der Waals surface area contributed by atoms with Gasteiger partial charge in [0, 0.05) is 42.6 Å². The summed E-state index contributed by atoms with van der Waals surface area (Å²) >= 11 is 1.51. The molecule has 0 aliphatic heterocycles. The van der Waals surface area contributed by atoms with E-state index in [1.807, 2.05) is 30.5 Å². The third-order valence-electron chi connectivity index (χ3n) is 5.09. The summed E-state index contributed by atoms with van der Waals surface area (Å²) in [6.45, 7) is 3.47. The van der Waals surface area contributed by atoms with E-state index in [0.29, 0.717) is 29.0 Å². The van der Waals surface area contributed by atoms with Crippen LogP contribution in [0.2, 0.25) is 0 Å². The first-order chi connectivity index (χ1) is 18.5. The Morgan fingerprint density at radius 1 is 0.947 bits per heavy atom. The molecule has 0 atom stereocenters. The van der Waals surface area contributed by atoms with E-state index >= 15 is 0 Å². The van der Waals surface area contributed by atoms with Crippen LogP contribution in [0.25, 0.3) is 0 Å². The van der Waals surface area contributed by atoms with Crippen LogP contribution in [-0.2, 0) is 4.79 Å². The van der Waals surface area contributed by atoms with Gasteiger partial charge in [-0.1, -0.05) is 12.6 Å². The lowest BCUT2D eigenvalue weighted by Gasteiger charge is -2.13. The van der Waals surface area contributed by atoms with Gasteiger partial charge in [-0.25, -0.2) is 4.98 Å². The van der Waals surface area contributed by atoms with E-state index in [0.717, 1.165) is 16.3 Å². The zero-order valence-corrected chi connectivity index (χ0v) is 21.5. The van der Waals surface area contributed by atoms with E-state index in [1.165, 1.54) is 24.0 Å². The average molecular weight is 528 g/mol. The second-order valence-electron chi connectivity index (χ2n) is 7.72. The van der Waals surface area contributed by atoms with Crippen LogP contribution in [0.5, 0.6) is 11.5 Å². The van der Waals surface area contributed by atoms with E-state index in [1.54, 1.807) is 49.6 Å². The second kappa shape index (κ2) is 12.4. The number of nitrogens with one attached hydrogen (secondary N) is 4. The predicted molar refractivity (Wildman–Crippen MR) is 150 cm³/mol. The summed E-state index contributed by atoms with van der Waals surface area (Å²) in [5, 5.41) is 11.8. The fourth-order valence-corrected chi connectivity index (χ4v) is 3.72. The molecule has 0 aliphatic rings. The first kappa shape index (κ1) is 26.2. The van der Waals surface area contributed by atoms with Crippen molar-refractivity contribution in [3.63, 3.8) is 0 Å². The monoisotopic (exact) mass is 527 g/mol. The van der Waals surface area contributed by atoms with Crippen LogP contribution in [0.1, 0.15) is 10.5 Å². The van der Waals surface area contributed by atoms with Gasteiger partial charge in [-0.2, -0.15) is 4.98 Å². The number of carbonyl (C=O) groups excluding carboxylic acids is 2. The number of amides is 2. The molecule has 0 saturated heterocycles. The fourth-order valence-electron chi connectivity index (χ4n) is 3.27. The van der Waals surface area contributed by atoms with Gasteiger partial charge in [-0.15, -0.1) is 11.8 Å². The molecular formula is C27H25N7O3S. The molecule has 0 spiro atoms. The highest BCUT2D eigenvalue weighted by Crippen LogP contribution is 2.29. The third-order valence-corrected chi connectivity index (χ3v) is 5.83. The number of aromatic nitrogens is 3. The zero-order valence-electron chi connectivity index (χ0n) is 20.7. The zero-order chi connectivity index (χ0) is 26.9. The number of rotatable bonds is 10. The molecule has 0 radical (unpaired) electrons. The third kappa shape index (κ3) is 6.86. The normalized spacial score (nSPS) is 10.3. The summed E-state index contributed by atoms with van der Waals surface area (Å²) < 4.78 is 5.85. The lowest BCUT2D eigenvalue weighted by atomic mass is 10.2. The van der Waals surface area contributed by atoms with Crippen LogP contribution in [0.4, 0.5) is 28.8 Å². The molecule has 0 bridgehead atoms. The average Bonchev–Trinajstić information content (AvgIpc) is 2.94. The van der Waals surface area contributed by atoms with Gasteiger partial charge >= 0.3 is 0 Å². The summed E-state index contributed by atoms with van der Waals surface area (Å²) in [4.78, 5) is 37.4. The lowest BCUT2D eigenvalue weighted by molar-refractivity contribution is -0.111. The quantitative estimate of drug-likeness (QED) is 0.159. The molecule has 0 fully saturated rings. The molecule has 2 aromatic carbocycles. The van der Waals surface area contributed by atoms with Gasteiger partial charge in [0.25, 0.3) is 5.91 Å². The number of thioether (sulfide) groups is 1. The molecule has 2 heterocycles. The van der Waals surface area contributed by atoms with E-state index in [-0.39, 0.29) is 17.5 Å². The standard InChI is InChI=1S/C27H25N7O3S/c1-4-24(35)31-18-6-5-7-19(14-18)32-25-23(38-3)16-30-27(34-25)33-17-8-10-20(11-9-17)37-21-12-13-29-22(15-21)26(36)28-2/h4-16H,1H2,2-3H3,(H,28,36)(H,31,35)(H2,30,32,33,34). The number of pyridine rings is 1. The maximum atomic E-state index is 11.8. The maximum absolute atomic E-state index is 11.8. The molecule has 2 aromatic heterocycles. The lowest BCUT2D eigenvalue weighted by Crippen LogP contribution is -2.18. The van der Waals surface area contributed by atoms with Crippen molar-refractivity contribution in [2.45, 2.75) is 4.90 Å². The molecule has 0 unspecified atom stereocenters. The number of benzene rings is 2. The highest BCUT2D eigenvalue weighted by Gasteiger charge is 2.10. The van der Waals surface area contributed by atoms with Crippen LogP contribution in [0.3, 0.4) is 0 Å². The predicted octanol–water partition coefficient (Wildman–Crippen LogP) is 5.36. The summed E-state index contributed by atoms with van der Waals surface area (Å²) in [6, 6.07) is 17.8. The molecule has 4 rings (SSSR count). The van der Waals surface area contributed by atoms with E-state index in [4.69, 9.17) is 4.74 Å². The van der Waals surface area contributed by atoms with Crippen molar-refractivity contribution in [2.24, 2.45) is 0 Å². The van der Waals surface area contributed by atoms with E-state index in [9.17, 15) is 9.59 Å². The first-order valence-electron chi connectivity index (χ1n) is 11.4. The minimum atomic E-state index is -0.288. The Hall–Kier alpha value is -4.90. The van der Waals surface area contributed by atoms with Crippen molar-refractivity contribution in [1.29, 1.82) is 0 Å². The minimum Gasteiger partial charge on any atom is -0.457 e. The summed E-state index contributed by atoms with van der Waals surface area (Å²) in [7, 11) is 1.55. The topological polar surface area (TPSA) is 130 Å². The van der Waals surface area contributed by atoms with Crippen molar-refractivity contribution in [1.82, 2.24) is 20.3 Å². The number of nitrogens with zero attached hydrogens (tertiary/aromatic N) is 3. The fraction of sp³-hybridized carbons (Fsp3) is 0.0741. The van der Waals surface area contributed by atoms with Crippen molar-refractivity contribution in [3.8, 4) is 11.5 Å². The van der Waals surface area contributed by atoms with Gasteiger partial charge in [0.1, 0.15) is 23.0 Å². The Morgan fingerprint density at radius 3 is 2.47 bits per heavy atom. The molecule has 192 valence electrons. The molecule has 38 heavy (non-hydrogen) atoms. The molecule has 4 N–H and O–H groups in total. The van der Waals surface area contributed by atoms with Gasteiger partial charge in [0.2, 0.25) is 11.9 Å². The maximum Gasteiger partial charge on any atom is 0.269 e. The summed E-state index contributed by atoms with van der Waals surface area (Å²) in [5.74, 6) is 1.54. The van der Waals surface area contributed by atoms with E-state index in [2.05, 4.69) is 42.8 Å². The molecule has 0 saturated carbocycles. The van der Waals surface area contributed by atoms with Gasteiger partial charge in [-0.05, 0) is 60.9 Å². The van der Waals surface area contributed by atoms with E-state index < -0.39 is 0 Å². The molecule has 2 amide bonds. The smallest absolute Gasteiger partial charge is 0.269 e. The van der Waals surface area contributed by atoms with Crippen LogP contribution in [0, 0.1) is 0 Å². The van der Waals surface area contributed by atoms with Crippen molar-refractivity contribution in [2.75, 3.05) is 29.3 Å².